The third-order valence-electron chi connectivity index (χ3n) is 3.59. The molecule has 0 aliphatic carbocycles. The van der Waals surface area contributed by atoms with Crippen LogP contribution in [0.5, 0.6) is 0 Å². The maximum absolute atomic E-state index is 14.9. The standard InChI is InChI=1S/C17H16FN3O2S.2ClH/c1-19-10-14-12-21(24(22,23)15-8-5-9-20-11-15)17(16(14)18)13-6-3-2-4-7-13;;/h2-9,11-12,19H,10H2,1H3;2*1H. The highest BCUT2D eigenvalue weighted by atomic mass is 35.5. The summed E-state index contributed by atoms with van der Waals surface area (Å²) in [6.07, 6.45) is 4.05. The molecule has 9 heteroatoms. The predicted molar refractivity (Wildman–Crippen MR) is 104 cm³/mol. The number of pyridine rings is 1. The lowest BCUT2D eigenvalue weighted by Crippen LogP contribution is -2.14. The van der Waals surface area contributed by atoms with Crippen molar-refractivity contribution >= 4 is 34.8 Å². The summed E-state index contributed by atoms with van der Waals surface area (Å²) in [6, 6.07) is 11.6. The van der Waals surface area contributed by atoms with Crippen molar-refractivity contribution in [1.82, 2.24) is 14.3 Å². The van der Waals surface area contributed by atoms with Gasteiger partial charge in [-0.25, -0.2) is 16.8 Å². The summed E-state index contributed by atoms with van der Waals surface area (Å²) in [4.78, 5) is 3.85. The quantitative estimate of drug-likeness (QED) is 0.689. The lowest BCUT2D eigenvalue weighted by molar-refractivity contribution is 0.585. The van der Waals surface area contributed by atoms with E-state index in [0.717, 1.165) is 3.97 Å². The van der Waals surface area contributed by atoms with Gasteiger partial charge in [0.15, 0.2) is 5.82 Å². The molecule has 0 saturated carbocycles. The average Bonchev–Trinajstić information content (AvgIpc) is 2.94. The van der Waals surface area contributed by atoms with Crippen LogP contribution in [-0.4, -0.2) is 24.4 Å². The first kappa shape index (κ1) is 22.1. The molecule has 1 aromatic carbocycles. The van der Waals surface area contributed by atoms with E-state index >= 15 is 0 Å². The van der Waals surface area contributed by atoms with Crippen LogP contribution in [0.25, 0.3) is 11.3 Å². The van der Waals surface area contributed by atoms with Crippen LogP contribution in [0.2, 0.25) is 0 Å². The van der Waals surface area contributed by atoms with Crippen molar-refractivity contribution in [3.63, 3.8) is 0 Å². The Bertz CT molecular complexity index is 949. The molecule has 0 atom stereocenters. The average molecular weight is 418 g/mol. The second-order valence-corrected chi connectivity index (χ2v) is 7.02. The summed E-state index contributed by atoms with van der Waals surface area (Å²) in [5.41, 5.74) is 0.790. The molecule has 5 nitrogen and oxygen atoms in total. The van der Waals surface area contributed by atoms with Crippen LogP contribution in [0, 0.1) is 5.82 Å². The molecule has 3 rings (SSSR count). The molecule has 0 aliphatic rings. The molecule has 0 unspecified atom stereocenters. The number of hydrogen-bond acceptors (Lipinski definition) is 4. The van der Waals surface area contributed by atoms with Crippen molar-refractivity contribution in [3.8, 4) is 11.3 Å². The van der Waals surface area contributed by atoms with Gasteiger partial charge in [-0.05, 0) is 19.2 Å². The van der Waals surface area contributed by atoms with Gasteiger partial charge in [0.25, 0.3) is 10.0 Å². The van der Waals surface area contributed by atoms with Crippen LogP contribution >= 0.6 is 24.8 Å². The van der Waals surface area contributed by atoms with E-state index < -0.39 is 15.8 Å². The Hall–Kier alpha value is -1.93. The van der Waals surface area contributed by atoms with E-state index in [4.69, 9.17) is 0 Å². The molecule has 3 aromatic rings. The number of halogens is 3. The summed E-state index contributed by atoms with van der Waals surface area (Å²) in [5, 5.41) is 2.85. The first-order valence-electron chi connectivity index (χ1n) is 7.31. The summed E-state index contributed by atoms with van der Waals surface area (Å²) >= 11 is 0. The fraction of sp³-hybridized carbons (Fsp3) is 0.118. The molecule has 140 valence electrons. The normalized spacial score (nSPS) is 10.7. The first-order chi connectivity index (χ1) is 11.6. The van der Waals surface area contributed by atoms with E-state index in [0.29, 0.717) is 5.56 Å². The lowest BCUT2D eigenvalue weighted by Gasteiger charge is -2.10. The Morgan fingerprint density at radius 2 is 1.81 bits per heavy atom. The largest absolute Gasteiger partial charge is 0.316 e. The monoisotopic (exact) mass is 417 g/mol. The van der Waals surface area contributed by atoms with Crippen molar-refractivity contribution in [2.75, 3.05) is 7.05 Å². The third-order valence-corrected chi connectivity index (χ3v) is 5.23. The van der Waals surface area contributed by atoms with Gasteiger partial charge in [0.05, 0.1) is 0 Å². The molecule has 26 heavy (non-hydrogen) atoms. The lowest BCUT2D eigenvalue weighted by atomic mass is 10.1. The minimum absolute atomic E-state index is 0. The van der Waals surface area contributed by atoms with Crippen molar-refractivity contribution in [2.24, 2.45) is 0 Å². The predicted octanol–water partition coefficient (Wildman–Crippen LogP) is 3.49. The Morgan fingerprint density at radius 3 is 2.38 bits per heavy atom. The molecule has 2 heterocycles. The molecule has 0 saturated heterocycles. The van der Waals surface area contributed by atoms with Crippen LogP contribution in [0.15, 0.2) is 66.0 Å². The Balaban J connectivity index is 0.00000169. The number of hydrogen-bond donors (Lipinski definition) is 1. The molecular formula is C17H18Cl2FN3O2S. The van der Waals surface area contributed by atoms with Gasteiger partial charge in [0.1, 0.15) is 10.6 Å². The van der Waals surface area contributed by atoms with Crippen LogP contribution in [0.4, 0.5) is 4.39 Å². The SMILES string of the molecule is CNCc1cn(S(=O)(=O)c2cccnc2)c(-c2ccccc2)c1F.Cl.Cl. The molecule has 0 fully saturated rings. The smallest absolute Gasteiger partial charge is 0.269 e. The second kappa shape index (κ2) is 9.14. The van der Waals surface area contributed by atoms with Gasteiger partial charge in [-0.3, -0.25) is 4.98 Å². The van der Waals surface area contributed by atoms with Gasteiger partial charge in [-0.15, -0.1) is 24.8 Å². The molecule has 0 aliphatic heterocycles. The maximum atomic E-state index is 14.9. The second-order valence-electron chi connectivity index (χ2n) is 5.20. The summed E-state index contributed by atoms with van der Waals surface area (Å²) in [6.45, 7) is 0.223. The van der Waals surface area contributed by atoms with Gasteiger partial charge in [-0.2, -0.15) is 0 Å². The fourth-order valence-electron chi connectivity index (χ4n) is 2.48. The van der Waals surface area contributed by atoms with E-state index in [1.807, 2.05) is 0 Å². The highest BCUT2D eigenvalue weighted by Gasteiger charge is 2.26. The van der Waals surface area contributed by atoms with Crippen LogP contribution in [0.1, 0.15) is 5.56 Å². The zero-order valence-corrected chi connectivity index (χ0v) is 16.2. The van der Waals surface area contributed by atoms with Crippen LogP contribution in [-0.2, 0) is 16.6 Å². The fourth-order valence-corrected chi connectivity index (χ4v) is 3.84. The number of benzene rings is 1. The highest BCUT2D eigenvalue weighted by Crippen LogP contribution is 2.30. The van der Waals surface area contributed by atoms with E-state index in [2.05, 4.69) is 10.3 Å². The van der Waals surface area contributed by atoms with Crippen molar-refractivity contribution in [1.29, 1.82) is 0 Å². The summed E-state index contributed by atoms with van der Waals surface area (Å²) < 4.78 is 41.7. The van der Waals surface area contributed by atoms with E-state index in [-0.39, 0.29) is 47.5 Å². The highest BCUT2D eigenvalue weighted by molar-refractivity contribution is 7.90. The number of aromatic nitrogens is 2. The number of nitrogens with zero attached hydrogens (tertiary/aromatic N) is 2. The first-order valence-corrected chi connectivity index (χ1v) is 8.75. The van der Waals surface area contributed by atoms with Crippen molar-refractivity contribution < 1.29 is 12.8 Å². The maximum Gasteiger partial charge on any atom is 0.269 e. The Kier molecular flexibility index (Phi) is 7.77. The molecule has 0 spiro atoms. The van der Waals surface area contributed by atoms with E-state index in [1.54, 1.807) is 37.4 Å². The minimum atomic E-state index is -3.95. The topological polar surface area (TPSA) is 64.0 Å². The zero-order valence-electron chi connectivity index (χ0n) is 13.8. The molecule has 0 amide bonds. The number of nitrogens with one attached hydrogen (secondary N) is 1. The van der Waals surface area contributed by atoms with E-state index in [9.17, 15) is 12.8 Å². The molecule has 1 N–H and O–H groups in total. The summed E-state index contributed by atoms with van der Waals surface area (Å²) in [7, 11) is -2.28. The van der Waals surface area contributed by atoms with Gasteiger partial charge < -0.3 is 5.32 Å². The van der Waals surface area contributed by atoms with Gasteiger partial charge >= 0.3 is 0 Å². The Labute approximate surface area is 164 Å². The Morgan fingerprint density at radius 1 is 1.12 bits per heavy atom. The minimum Gasteiger partial charge on any atom is -0.316 e. The van der Waals surface area contributed by atoms with Gasteiger partial charge in [0.2, 0.25) is 0 Å². The van der Waals surface area contributed by atoms with Crippen molar-refractivity contribution in [3.05, 3.63) is 72.4 Å². The third kappa shape index (κ3) is 4.07. The molecular weight excluding hydrogens is 400 g/mol. The molecule has 2 aromatic heterocycles. The van der Waals surface area contributed by atoms with Gasteiger partial charge in [-0.1, -0.05) is 30.3 Å². The zero-order chi connectivity index (χ0) is 17.2. The van der Waals surface area contributed by atoms with Crippen LogP contribution < -0.4 is 5.32 Å². The number of rotatable bonds is 5. The van der Waals surface area contributed by atoms with Crippen molar-refractivity contribution in [2.45, 2.75) is 11.4 Å². The van der Waals surface area contributed by atoms with Gasteiger partial charge in [0, 0.05) is 36.3 Å². The molecule has 0 radical (unpaired) electrons. The van der Waals surface area contributed by atoms with E-state index in [1.165, 1.54) is 30.7 Å². The van der Waals surface area contributed by atoms with Crippen LogP contribution in [0.3, 0.4) is 0 Å². The summed E-state index contributed by atoms with van der Waals surface area (Å²) in [5.74, 6) is -0.553. The molecule has 0 bridgehead atoms.